The Hall–Kier alpha value is -1.86. The summed E-state index contributed by atoms with van der Waals surface area (Å²) in [5.41, 5.74) is 0. The average molecular weight is 1060 g/mol. The van der Waals surface area contributed by atoms with Gasteiger partial charge in [-0.3, -0.25) is 9.59 Å². The van der Waals surface area contributed by atoms with E-state index in [9.17, 15) is 35.1 Å². The molecule has 0 bridgehead atoms. The molecule has 75 heavy (non-hydrogen) atoms. The Morgan fingerprint density at radius 3 is 1.29 bits per heavy atom. The topological polar surface area (TPSA) is 175 Å². The highest BCUT2D eigenvalue weighted by Crippen LogP contribution is 2.26. The van der Waals surface area contributed by atoms with Crippen LogP contribution in [0.3, 0.4) is 0 Å². The van der Waals surface area contributed by atoms with Gasteiger partial charge in [0.2, 0.25) is 5.91 Å². The molecule has 1 aliphatic rings. The van der Waals surface area contributed by atoms with Crippen molar-refractivity contribution in [2.75, 3.05) is 13.2 Å². The van der Waals surface area contributed by atoms with Gasteiger partial charge in [0, 0.05) is 6.42 Å². The van der Waals surface area contributed by atoms with Gasteiger partial charge in [-0.15, -0.1) is 0 Å². The van der Waals surface area contributed by atoms with Crippen LogP contribution in [0.5, 0.6) is 0 Å². The lowest BCUT2D eigenvalue weighted by atomic mass is 9.99. The molecule has 11 heteroatoms. The number of aliphatic hydroxyl groups is 5. The number of unbranched alkanes of at least 4 members (excludes halogenated alkanes) is 39. The molecule has 0 saturated carbocycles. The van der Waals surface area contributed by atoms with Crippen LogP contribution >= 0.6 is 0 Å². The number of hydrogen-bond acceptors (Lipinski definition) is 10. The van der Waals surface area contributed by atoms with E-state index in [-0.39, 0.29) is 19.4 Å². The number of carbonyl (C=O) groups excluding carboxylic acids is 2. The molecule has 0 aromatic carbocycles. The predicted octanol–water partition coefficient (Wildman–Crippen LogP) is 15.3. The summed E-state index contributed by atoms with van der Waals surface area (Å²) in [5, 5.41) is 57.0. The Bertz CT molecular complexity index is 1310. The van der Waals surface area contributed by atoms with Gasteiger partial charge in [-0.25, -0.2) is 0 Å². The van der Waals surface area contributed by atoms with Crippen LogP contribution in [0, 0.1) is 0 Å². The summed E-state index contributed by atoms with van der Waals surface area (Å²) >= 11 is 0. The van der Waals surface area contributed by atoms with Crippen molar-refractivity contribution in [3.63, 3.8) is 0 Å². The number of carbonyl (C=O) groups is 2. The molecular formula is C64H121NO10. The Kier molecular flexibility index (Phi) is 50.1. The Balaban J connectivity index is 2.67. The van der Waals surface area contributed by atoms with E-state index in [4.69, 9.17) is 14.2 Å². The zero-order chi connectivity index (χ0) is 54.7. The summed E-state index contributed by atoms with van der Waals surface area (Å²) in [4.78, 5) is 26.6. The maximum absolute atomic E-state index is 13.4. The minimum atomic E-state index is -1.61. The molecule has 0 spiro atoms. The van der Waals surface area contributed by atoms with Crippen LogP contribution in [0.4, 0.5) is 0 Å². The molecule has 1 fully saturated rings. The minimum Gasteiger partial charge on any atom is -0.454 e. The van der Waals surface area contributed by atoms with Crippen LogP contribution in [0.25, 0.3) is 0 Å². The number of rotatable bonds is 55. The molecule has 0 radical (unpaired) electrons. The van der Waals surface area contributed by atoms with E-state index in [0.29, 0.717) is 12.8 Å². The van der Waals surface area contributed by atoms with Gasteiger partial charge in [0.05, 0.1) is 25.4 Å². The van der Waals surface area contributed by atoms with E-state index in [0.717, 1.165) is 70.6 Å². The fourth-order valence-corrected chi connectivity index (χ4v) is 10.2. The second kappa shape index (κ2) is 52.8. The first-order chi connectivity index (χ1) is 36.7. The first-order valence-electron chi connectivity index (χ1n) is 32.1. The maximum Gasteiger partial charge on any atom is 0.306 e. The molecule has 0 aromatic heterocycles. The lowest BCUT2D eigenvalue weighted by molar-refractivity contribution is -0.305. The first kappa shape index (κ1) is 71.2. The highest BCUT2D eigenvalue weighted by atomic mass is 16.7. The quantitative estimate of drug-likeness (QED) is 0.0195. The zero-order valence-corrected chi connectivity index (χ0v) is 48.9. The van der Waals surface area contributed by atoms with E-state index in [1.165, 1.54) is 193 Å². The Labute approximate surface area is 461 Å². The number of esters is 1. The van der Waals surface area contributed by atoms with Gasteiger partial charge in [-0.1, -0.05) is 276 Å². The average Bonchev–Trinajstić information content (AvgIpc) is 3.41. The lowest BCUT2D eigenvalue weighted by Gasteiger charge is -2.41. The van der Waals surface area contributed by atoms with E-state index in [1.807, 2.05) is 6.08 Å². The van der Waals surface area contributed by atoms with E-state index in [1.54, 1.807) is 6.08 Å². The van der Waals surface area contributed by atoms with Crippen LogP contribution in [-0.4, -0.2) is 99.6 Å². The fourth-order valence-electron chi connectivity index (χ4n) is 10.2. The number of amides is 1. The normalized spacial score (nSPS) is 19.3. The monoisotopic (exact) mass is 1060 g/mol. The molecule has 1 heterocycles. The Morgan fingerprint density at radius 1 is 0.507 bits per heavy atom. The van der Waals surface area contributed by atoms with Crippen molar-refractivity contribution in [2.24, 2.45) is 0 Å². The summed E-state index contributed by atoms with van der Waals surface area (Å²) in [5.74, 6) is -1.18. The zero-order valence-electron chi connectivity index (χ0n) is 48.9. The predicted molar refractivity (Wildman–Crippen MR) is 311 cm³/mol. The lowest BCUT2D eigenvalue weighted by Crippen LogP contribution is -2.61. The van der Waals surface area contributed by atoms with Crippen molar-refractivity contribution >= 4 is 11.9 Å². The largest absolute Gasteiger partial charge is 0.454 e. The van der Waals surface area contributed by atoms with Gasteiger partial charge in [-0.05, 0) is 51.4 Å². The van der Waals surface area contributed by atoms with Crippen LogP contribution in [0.2, 0.25) is 0 Å². The Morgan fingerprint density at radius 2 is 0.880 bits per heavy atom. The first-order valence-corrected chi connectivity index (χ1v) is 32.1. The molecule has 1 rings (SSSR count). The van der Waals surface area contributed by atoms with Crippen molar-refractivity contribution in [3.05, 3.63) is 24.3 Å². The molecular weight excluding hydrogens is 943 g/mol. The minimum absolute atomic E-state index is 0.129. The number of hydrogen-bond donors (Lipinski definition) is 6. The summed E-state index contributed by atoms with van der Waals surface area (Å²) in [6, 6.07) is -1.02. The SMILES string of the molecule is CCCCCCCC/C=C/CCCCCCCCC(O)C(=O)NC(COC1OC(CO)C(O)C(O)C1OC(=O)CCCCCCCCCCCCCCCCCCC)C(O)/C=C/CCCCCCCCCCCCC. The van der Waals surface area contributed by atoms with Crippen molar-refractivity contribution in [3.8, 4) is 0 Å². The summed E-state index contributed by atoms with van der Waals surface area (Å²) in [6.07, 6.45) is 50.7. The molecule has 442 valence electrons. The van der Waals surface area contributed by atoms with E-state index in [2.05, 4.69) is 38.2 Å². The molecule has 0 aliphatic carbocycles. The van der Waals surface area contributed by atoms with Crippen molar-refractivity contribution in [2.45, 2.75) is 359 Å². The maximum atomic E-state index is 13.4. The smallest absolute Gasteiger partial charge is 0.306 e. The second-order valence-corrected chi connectivity index (χ2v) is 22.5. The molecule has 6 N–H and O–H groups in total. The van der Waals surface area contributed by atoms with Crippen LogP contribution < -0.4 is 5.32 Å². The van der Waals surface area contributed by atoms with Gasteiger partial charge in [-0.2, -0.15) is 0 Å². The molecule has 0 aromatic rings. The highest BCUT2D eigenvalue weighted by Gasteiger charge is 2.47. The van der Waals surface area contributed by atoms with Crippen LogP contribution in [-0.2, 0) is 23.8 Å². The number of aliphatic hydroxyl groups excluding tert-OH is 5. The van der Waals surface area contributed by atoms with Gasteiger partial charge >= 0.3 is 5.97 Å². The van der Waals surface area contributed by atoms with E-state index >= 15 is 0 Å². The van der Waals surface area contributed by atoms with Crippen molar-refractivity contribution in [1.29, 1.82) is 0 Å². The molecule has 8 atom stereocenters. The standard InChI is InChI=1S/C64H121NO10/c1-4-7-10-13-16-19-22-25-27-29-31-34-37-40-43-46-49-52-59(69)75-62-61(71)60(70)58(53-66)74-64(62)73-54-55(56(67)50-47-44-41-38-35-32-24-21-18-15-12-9-6-3)65-63(72)57(68)51-48-45-42-39-36-33-30-28-26-23-20-17-14-11-8-5-2/h26,28,47,50,55-58,60-62,64,66-68,70-71H,4-25,27,29-46,48-49,51-54H2,1-3H3,(H,65,72)/b28-26+,50-47+. The molecule has 1 amide bonds. The molecule has 11 nitrogen and oxygen atoms in total. The van der Waals surface area contributed by atoms with Gasteiger partial charge in [0.1, 0.15) is 24.4 Å². The number of ether oxygens (including phenoxy) is 3. The van der Waals surface area contributed by atoms with Gasteiger partial charge < -0.3 is 45.1 Å². The third kappa shape index (κ3) is 40.9. The van der Waals surface area contributed by atoms with Crippen LogP contribution in [0.15, 0.2) is 24.3 Å². The van der Waals surface area contributed by atoms with Gasteiger partial charge in [0.25, 0.3) is 0 Å². The third-order valence-electron chi connectivity index (χ3n) is 15.4. The summed E-state index contributed by atoms with van der Waals surface area (Å²) in [6.45, 7) is 5.82. The molecule has 1 saturated heterocycles. The van der Waals surface area contributed by atoms with Crippen molar-refractivity contribution < 1.29 is 49.3 Å². The molecule has 8 unspecified atom stereocenters. The van der Waals surface area contributed by atoms with Crippen LogP contribution in [0.1, 0.15) is 310 Å². The summed E-state index contributed by atoms with van der Waals surface area (Å²) in [7, 11) is 0. The highest BCUT2D eigenvalue weighted by molar-refractivity contribution is 5.80. The summed E-state index contributed by atoms with van der Waals surface area (Å²) < 4.78 is 17.6. The number of nitrogens with one attached hydrogen (secondary N) is 1. The third-order valence-corrected chi connectivity index (χ3v) is 15.4. The van der Waals surface area contributed by atoms with Crippen molar-refractivity contribution in [1.82, 2.24) is 5.32 Å². The second-order valence-electron chi connectivity index (χ2n) is 22.5. The fraction of sp³-hybridized carbons (Fsp3) is 0.906. The molecule has 1 aliphatic heterocycles. The van der Waals surface area contributed by atoms with Gasteiger partial charge in [0.15, 0.2) is 12.4 Å². The van der Waals surface area contributed by atoms with E-state index < -0.39 is 67.4 Å². The number of allylic oxidation sites excluding steroid dienone is 3.